The van der Waals surface area contributed by atoms with Crippen molar-refractivity contribution < 1.29 is 13.9 Å². The van der Waals surface area contributed by atoms with Crippen molar-refractivity contribution >= 4 is 11.8 Å². The van der Waals surface area contributed by atoms with Crippen LogP contribution in [0.3, 0.4) is 0 Å². The predicted octanol–water partition coefficient (Wildman–Crippen LogP) is 2.16. The molecule has 0 saturated carbocycles. The molecule has 2 heterocycles. The zero-order valence-corrected chi connectivity index (χ0v) is 11.4. The lowest BCUT2D eigenvalue weighted by molar-refractivity contribution is 0.412. The lowest BCUT2D eigenvalue weighted by atomic mass is 10.1. The maximum atomic E-state index is 5.58. The van der Waals surface area contributed by atoms with E-state index in [1.807, 2.05) is 24.3 Å². The molecular formula is C13H14N2O3S. The molecule has 0 bridgehead atoms. The van der Waals surface area contributed by atoms with Gasteiger partial charge in [-0.3, -0.25) is 0 Å². The normalized spacial score (nSPS) is 17.4. The minimum Gasteiger partial charge on any atom is -0.497 e. The largest absolute Gasteiger partial charge is 0.497 e. The van der Waals surface area contributed by atoms with E-state index in [0.717, 1.165) is 23.7 Å². The zero-order valence-electron chi connectivity index (χ0n) is 10.5. The van der Waals surface area contributed by atoms with E-state index in [9.17, 15) is 0 Å². The quantitative estimate of drug-likeness (QED) is 0.596. The third-order valence-electron chi connectivity index (χ3n) is 2.76. The number of ether oxygens (including phenoxy) is 2. The number of methoxy groups -OCH3 is 1. The molecule has 1 aliphatic rings. The van der Waals surface area contributed by atoms with Gasteiger partial charge in [0.25, 0.3) is 5.22 Å². The van der Waals surface area contributed by atoms with Crippen molar-refractivity contribution in [2.24, 2.45) is 0 Å². The molecule has 0 amide bonds. The van der Waals surface area contributed by atoms with Crippen LogP contribution in [0.5, 0.6) is 5.75 Å². The Morgan fingerprint density at radius 3 is 2.79 bits per heavy atom. The molecule has 1 saturated heterocycles. The van der Waals surface area contributed by atoms with Gasteiger partial charge >= 0.3 is 0 Å². The fourth-order valence-electron chi connectivity index (χ4n) is 1.61. The van der Waals surface area contributed by atoms with Crippen LogP contribution in [-0.4, -0.2) is 35.8 Å². The average Bonchev–Trinajstić information content (AvgIpc) is 3.17. The van der Waals surface area contributed by atoms with Crippen LogP contribution in [0.25, 0.3) is 0 Å². The van der Waals surface area contributed by atoms with Crippen LogP contribution in [0.1, 0.15) is 11.5 Å². The van der Waals surface area contributed by atoms with Crippen LogP contribution in [0.15, 0.2) is 33.9 Å². The number of epoxide rings is 1. The Morgan fingerprint density at radius 1 is 1.32 bits per heavy atom. The van der Waals surface area contributed by atoms with Crippen LogP contribution in [0, 0.1) is 0 Å². The maximum Gasteiger partial charge on any atom is 0.276 e. The summed E-state index contributed by atoms with van der Waals surface area (Å²) in [5.74, 6) is 2.35. The van der Waals surface area contributed by atoms with E-state index < -0.39 is 0 Å². The first-order valence-electron chi connectivity index (χ1n) is 6.03. The minimum atomic E-state index is 0.363. The van der Waals surface area contributed by atoms with E-state index in [1.165, 1.54) is 0 Å². The highest BCUT2D eigenvalue weighted by molar-refractivity contribution is 7.99. The molecular weight excluding hydrogens is 264 g/mol. The Labute approximate surface area is 115 Å². The molecule has 1 aromatic heterocycles. The fourth-order valence-corrected chi connectivity index (χ4v) is 2.39. The summed E-state index contributed by atoms with van der Waals surface area (Å²) in [7, 11) is 1.65. The first kappa shape index (κ1) is 12.5. The predicted molar refractivity (Wildman–Crippen MR) is 70.6 cm³/mol. The lowest BCUT2D eigenvalue weighted by Crippen LogP contribution is -1.89. The molecule has 6 heteroatoms. The van der Waals surface area contributed by atoms with Gasteiger partial charge in [-0.05, 0) is 17.7 Å². The summed E-state index contributed by atoms with van der Waals surface area (Å²) in [5.41, 5.74) is 1.12. The standard InChI is InChI=1S/C13H14N2O3S/c1-16-10-4-2-9(3-5-10)6-12-14-15-13(18-12)19-8-11-7-17-11/h2-5,11H,6-8H2,1H3. The molecule has 0 radical (unpaired) electrons. The summed E-state index contributed by atoms with van der Waals surface area (Å²) in [6.07, 6.45) is 0.999. The molecule has 1 unspecified atom stereocenters. The molecule has 19 heavy (non-hydrogen) atoms. The zero-order chi connectivity index (χ0) is 13.1. The number of hydrogen-bond donors (Lipinski definition) is 0. The smallest absolute Gasteiger partial charge is 0.276 e. The van der Waals surface area contributed by atoms with E-state index in [1.54, 1.807) is 18.9 Å². The fraction of sp³-hybridized carbons (Fsp3) is 0.385. The van der Waals surface area contributed by atoms with Gasteiger partial charge in [-0.15, -0.1) is 10.2 Å². The van der Waals surface area contributed by atoms with Crippen molar-refractivity contribution in [1.82, 2.24) is 10.2 Å². The van der Waals surface area contributed by atoms with E-state index in [4.69, 9.17) is 13.9 Å². The Hall–Kier alpha value is -1.53. The molecule has 1 aliphatic heterocycles. The van der Waals surface area contributed by atoms with Gasteiger partial charge in [0.2, 0.25) is 5.89 Å². The molecule has 100 valence electrons. The molecule has 2 aromatic rings. The van der Waals surface area contributed by atoms with Crippen LogP contribution in [0.4, 0.5) is 0 Å². The van der Waals surface area contributed by atoms with Crippen LogP contribution >= 0.6 is 11.8 Å². The van der Waals surface area contributed by atoms with E-state index >= 15 is 0 Å². The van der Waals surface area contributed by atoms with Crippen molar-refractivity contribution in [2.75, 3.05) is 19.5 Å². The second-order valence-corrected chi connectivity index (χ2v) is 5.22. The van der Waals surface area contributed by atoms with Gasteiger partial charge in [-0.1, -0.05) is 23.9 Å². The minimum absolute atomic E-state index is 0.363. The summed E-state index contributed by atoms with van der Waals surface area (Å²) in [5, 5.41) is 8.66. The summed E-state index contributed by atoms with van der Waals surface area (Å²) in [6, 6.07) is 7.83. The highest BCUT2D eigenvalue weighted by Gasteiger charge is 2.23. The van der Waals surface area contributed by atoms with Gasteiger partial charge < -0.3 is 13.9 Å². The number of nitrogens with zero attached hydrogens (tertiary/aromatic N) is 2. The third-order valence-corrected chi connectivity index (χ3v) is 3.71. The van der Waals surface area contributed by atoms with Crippen molar-refractivity contribution in [1.29, 1.82) is 0 Å². The highest BCUT2D eigenvalue weighted by atomic mass is 32.2. The Kier molecular flexibility index (Phi) is 3.70. The van der Waals surface area contributed by atoms with Gasteiger partial charge in [-0.2, -0.15) is 0 Å². The van der Waals surface area contributed by atoms with Crippen LogP contribution < -0.4 is 4.74 Å². The molecule has 1 atom stereocenters. The van der Waals surface area contributed by atoms with Crippen molar-refractivity contribution in [3.05, 3.63) is 35.7 Å². The molecule has 0 spiro atoms. The lowest BCUT2D eigenvalue weighted by Gasteiger charge is -2.00. The Balaban J connectivity index is 1.58. The number of hydrogen-bond acceptors (Lipinski definition) is 6. The summed E-state index contributed by atoms with van der Waals surface area (Å²) in [6.45, 7) is 0.847. The van der Waals surface area contributed by atoms with Crippen LogP contribution in [-0.2, 0) is 11.2 Å². The second-order valence-electron chi connectivity index (χ2n) is 4.25. The average molecular weight is 278 g/mol. The Bertz CT molecular complexity index is 537. The molecule has 1 fully saturated rings. The summed E-state index contributed by atoms with van der Waals surface area (Å²) >= 11 is 1.54. The van der Waals surface area contributed by atoms with Gasteiger partial charge in [0.1, 0.15) is 5.75 Å². The van der Waals surface area contributed by atoms with Crippen molar-refractivity contribution in [3.8, 4) is 5.75 Å². The first-order valence-corrected chi connectivity index (χ1v) is 7.02. The highest BCUT2D eigenvalue weighted by Crippen LogP contribution is 2.23. The van der Waals surface area contributed by atoms with E-state index in [-0.39, 0.29) is 0 Å². The number of thioether (sulfide) groups is 1. The second kappa shape index (κ2) is 5.63. The van der Waals surface area contributed by atoms with Crippen LogP contribution in [0.2, 0.25) is 0 Å². The SMILES string of the molecule is COc1ccc(Cc2nnc(SCC3CO3)o2)cc1. The van der Waals surface area contributed by atoms with Gasteiger partial charge in [0.05, 0.1) is 26.2 Å². The number of aromatic nitrogens is 2. The monoisotopic (exact) mass is 278 g/mol. The molecule has 5 nitrogen and oxygen atoms in total. The number of benzene rings is 1. The molecule has 0 N–H and O–H groups in total. The maximum absolute atomic E-state index is 5.58. The summed E-state index contributed by atoms with van der Waals surface area (Å²) < 4.78 is 15.8. The third kappa shape index (κ3) is 3.48. The van der Waals surface area contributed by atoms with Crippen molar-refractivity contribution in [2.45, 2.75) is 17.7 Å². The first-order chi connectivity index (χ1) is 9.33. The number of rotatable bonds is 6. The van der Waals surface area contributed by atoms with Gasteiger partial charge in [0.15, 0.2) is 0 Å². The van der Waals surface area contributed by atoms with Gasteiger partial charge in [-0.25, -0.2) is 0 Å². The Morgan fingerprint density at radius 2 is 2.11 bits per heavy atom. The molecule has 1 aromatic carbocycles. The van der Waals surface area contributed by atoms with E-state index in [2.05, 4.69) is 10.2 Å². The molecule has 3 rings (SSSR count). The van der Waals surface area contributed by atoms with E-state index in [0.29, 0.717) is 23.6 Å². The van der Waals surface area contributed by atoms with Gasteiger partial charge in [0, 0.05) is 5.75 Å². The van der Waals surface area contributed by atoms with Crippen molar-refractivity contribution in [3.63, 3.8) is 0 Å². The molecule has 0 aliphatic carbocycles. The summed E-state index contributed by atoms with van der Waals surface area (Å²) in [4.78, 5) is 0. The topological polar surface area (TPSA) is 60.7 Å².